The van der Waals surface area contributed by atoms with Crippen LogP contribution in [0.4, 0.5) is 0 Å². The van der Waals surface area contributed by atoms with Gasteiger partial charge in [0.15, 0.2) is 5.92 Å². The molecule has 1 unspecified atom stereocenters. The van der Waals surface area contributed by atoms with Crippen LogP contribution in [0.1, 0.15) is 26.3 Å². The number of pyridine rings is 1. The van der Waals surface area contributed by atoms with Gasteiger partial charge in [0.1, 0.15) is 0 Å². The van der Waals surface area contributed by atoms with Crippen molar-refractivity contribution in [1.82, 2.24) is 4.98 Å². The van der Waals surface area contributed by atoms with Gasteiger partial charge in [-0.1, -0.05) is 6.92 Å². The molecule has 5 nitrogen and oxygen atoms in total. The van der Waals surface area contributed by atoms with Gasteiger partial charge in [-0.15, -0.1) is 0 Å². The smallest absolute Gasteiger partial charge is 0.320 e. The minimum absolute atomic E-state index is 0.199. The molecule has 0 saturated carbocycles. The number of aromatic nitrogens is 1. The van der Waals surface area contributed by atoms with Crippen molar-refractivity contribution in [3.05, 3.63) is 30.1 Å². The lowest BCUT2D eigenvalue weighted by atomic mass is 9.88. The second-order valence-electron chi connectivity index (χ2n) is 4.52. The monoisotopic (exact) mass is 279 g/mol. The average Bonchev–Trinajstić information content (AvgIpc) is 2.40. The molecule has 5 heteroatoms. The maximum atomic E-state index is 12.0. The predicted octanol–water partition coefficient (Wildman–Crippen LogP) is 2.00. The SMILES string of the molecule is CCOC(=O)C(C(=O)OCC)C(C)Cc1ccncc1. The summed E-state index contributed by atoms with van der Waals surface area (Å²) >= 11 is 0. The Morgan fingerprint density at radius 1 is 1.10 bits per heavy atom. The molecule has 0 spiro atoms. The van der Waals surface area contributed by atoms with Crippen LogP contribution < -0.4 is 0 Å². The molecule has 20 heavy (non-hydrogen) atoms. The molecule has 110 valence electrons. The number of hydrogen-bond acceptors (Lipinski definition) is 5. The fraction of sp³-hybridized carbons (Fsp3) is 0.533. The summed E-state index contributed by atoms with van der Waals surface area (Å²) in [5.41, 5.74) is 1.02. The summed E-state index contributed by atoms with van der Waals surface area (Å²) < 4.78 is 9.96. The van der Waals surface area contributed by atoms with Gasteiger partial charge in [-0.2, -0.15) is 0 Å². The minimum atomic E-state index is -0.886. The number of nitrogens with zero attached hydrogens (tertiary/aromatic N) is 1. The van der Waals surface area contributed by atoms with Crippen LogP contribution in [0.15, 0.2) is 24.5 Å². The molecule has 1 aromatic rings. The summed E-state index contributed by atoms with van der Waals surface area (Å²) in [7, 11) is 0. The molecule has 1 aromatic heterocycles. The van der Waals surface area contributed by atoms with E-state index in [2.05, 4.69) is 4.98 Å². The standard InChI is InChI=1S/C15H21NO4/c1-4-19-14(17)13(15(18)20-5-2)11(3)10-12-6-8-16-9-7-12/h6-9,11,13H,4-5,10H2,1-3H3. The van der Waals surface area contributed by atoms with E-state index in [0.29, 0.717) is 6.42 Å². The van der Waals surface area contributed by atoms with E-state index in [1.807, 2.05) is 19.1 Å². The van der Waals surface area contributed by atoms with Gasteiger partial charge in [0, 0.05) is 12.4 Å². The van der Waals surface area contributed by atoms with Crippen LogP contribution in [0.25, 0.3) is 0 Å². The molecule has 1 heterocycles. The Labute approximate surface area is 119 Å². The molecule has 0 saturated heterocycles. The van der Waals surface area contributed by atoms with E-state index in [1.165, 1.54) is 0 Å². The van der Waals surface area contributed by atoms with Crippen molar-refractivity contribution in [2.24, 2.45) is 11.8 Å². The largest absolute Gasteiger partial charge is 0.465 e. The van der Waals surface area contributed by atoms with Gasteiger partial charge in [0.05, 0.1) is 13.2 Å². The van der Waals surface area contributed by atoms with Gasteiger partial charge in [-0.05, 0) is 43.9 Å². The van der Waals surface area contributed by atoms with Crippen LogP contribution in [0, 0.1) is 11.8 Å². The van der Waals surface area contributed by atoms with Crippen LogP contribution in [-0.2, 0) is 25.5 Å². The summed E-state index contributed by atoms with van der Waals surface area (Å²) in [6.45, 7) is 5.77. The Balaban J connectivity index is 2.80. The van der Waals surface area contributed by atoms with Gasteiger partial charge >= 0.3 is 11.9 Å². The van der Waals surface area contributed by atoms with Gasteiger partial charge in [0.25, 0.3) is 0 Å². The summed E-state index contributed by atoms with van der Waals surface area (Å²) in [5.74, 6) is -2.13. The van der Waals surface area contributed by atoms with Crippen molar-refractivity contribution in [2.75, 3.05) is 13.2 Å². The van der Waals surface area contributed by atoms with Crippen molar-refractivity contribution in [2.45, 2.75) is 27.2 Å². The number of rotatable bonds is 7. The zero-order chi connectivity index (χ0) is 15.0. The first kappa shape index (κ1) is 16.1. The summed E-state index contributed by atoms with van der Waals surface area (Å²) in [6, 6.07) is 3.73. The summed E-state index contributed by atoms with van der Waals surface area (Å²) in [4.78, 5) is 27.9. The van der Waals surface area contributed by atoms with Crippen LogP contribution in [0.2, 0.25) is 0 Å². The molecule has 1 atom stereocenters. The Morgan fingerprint density at radius 2 is 1.60 bits per heavy atom. The lowest BCUT2D eigenvalue weighted by molar-refractivity contribution is -0.164. The van der Waals surface area contributed by atoms with E-state index in [1.54, 1.807) is 26.2 Å². The van der Waals surface area contributed by atoms with Gasteiger partial charge in [-0.25, -0.2) is 0 Å². The highest BCUT2D eigenvalue weighted by atomic mass is 16.6. The molecule has 0 N–H and O–H groups in total. The molecule has 0 aliphatic rings. The van der Waals surface area contributed by atoms with Crippen LogP contribution in [0.5, 0.6) is 0 Å². The number of hydrogen-bond donors (Lipinski definition) is 0. The maximum absolute atomic E-state index is 12.0. The molecule has 0 fully saturated rings. The zero-order valence-corrected chi connectivity index (χ0v) is 12.2. The van der Waals surface area contributed by atoms with Crippen molar-refractivity contribution < 1.29 is 19.1 Å². The van der Waals surface area contributed by atoms with Crippen LogP contribution in [0.3, 0.4) is 0 Å². The van der Waals surface area contributed by atoms with Gasteiger partial charge < -0.3 is 9.47 Å². The third-order valence-corrected chi connectivity index (χ3v) is 2.96. The van der Waals surface area contributed by atoms with Crippen molar-refractivity contribution in [3.63, 3.8) is 0 Å². The lowest BCUT2D eigenvalue weighted by Crippen LogP contribution is -2.34. The average molecular weight is 279 g/mol. The Morgan fingerprint density at radius 3 is 2.05 bits per heavy atom. The van der Waals surface area contributed by atoms with Gasteiger partial charge in [0.2, 0.25) is 0 Å². The van der Waals surface area contributed by atoms with Crippen molar-refractivity contribution >= 4 is 11.9 Å². The number of carbonyl (C=O) groups excluding carboxylic acids is 2. The second-order valence-corrected chi connectivity index (χ2v) is 4.52. The number of carbonyl (C=O) groups is 2. The first-order valence-electron chi connectivity index (χ1n) is 6.82. The summed E-state index contributed by atoms with van der Waals surface area (Å²) in [6.07, 6.45) is 3.96. The Bertz CT molecular complexity index is 415. The molecule has 0 radical (unpaired) electrons. The van der Waals surface area contributed by atoms with E-state index in [0.717, 1.165) is 5.56 Å². The van der Waals surface area contributed by atoms with E-state index < -0.39 is 17.9 Å². The van der Waals surface area contributed by atoms with E-state index in [4.69, 9.17) is 9.47 Å². The van der Waals surface area contributed by atoms with E-state index in [-0.39, 0.29) is 19.1 Å². The first-order chi connectivity index (χ1) is 9.60. The third kappa shape index (κ3) is 4.64. The van der Waals surface area contributed by atoms with Crippen LogP contribution in [-0.4, -0.2) is 30.1 Å². The predicted molar refractivity (Wildman–Crippen MR) is 73.9 cm³/mol. The highest BCUT2D eigenvalue weighted by Gasteiger charge is 2.34. The lowest BCUT2D eigenvalue weighted by Gasteiger charge is -2.20. The normalized spacial score (nSPS) is 12.0. The number of ether oxygens (including phenoxy) is 2. The maximum Gasteiger partial charge on any atom is 0.320 e. The molecule has 0 aliphatic carbocycles. The fourth-order valence-electron chi connectivity index (χ4n) is 2.03. The quantitative estimate of drug-likeness (QED) is 0.564. The first-order valence-corrected chi connectivity index (χ1v) is 6.82. The fourth-order valence-corrected chi connectivity index (χ4v) is 2.03. The van der Waals surface area contributed by atoms with Crippen LogP contribution >= 0.6 is 0 Å². The second kappa shape index (κ2) is 8.30. The molecular weight excluding hydrogens is 258 g/mol. The topological polar surface area (TPSA) is 65.5 Å². The van der Waals surface area contributed by atoms with E-state index >= 15 is 0 Å². The highest BCUT2D eigenvalue weighted by Crippen LogP contribution is 2.20. The molecular formula is C15H21NO4. The van der Waals surface area contributed by atoms with Crippen molar-refractivity contribution in [3.8, 4) is 0 Å². The highest BCUT2D eigenvalue weighted by molar-refractivity contribution is 5.95. The van der Waals surface area contributed by atoms with Crippen molar-refractivity contribution in [1.29, 1.82) is 0 Å². The zero-order valence-electron chi connectivity index (χ0n) is 12.2. The van der Waals surface area contributed by atoms with Gasteiger partial charge in [-0.3, -0.25) is 14.6 Å². The van der Waals surface area contributed by atoms with E-state index in [9.17, 15) is 9.59 Å². The Hall–Kier alpha value is -1.91. The molecule has 0 amide bonds. The molecule has 1 rings (SSSR count). The number of esters is 2. The molecule has 0 aliphatic heterocycles. The molecule has 0 bridgehead atoms. The molecule has 0 aromatic carbocycles. The minimum Gasteiger partial charge on any atom is -0.465 e. The third-order valence-electron chi connectivity index (χ3n) is 2.96. The summed E-state index contributed by atoms with van der Waals surface area (Å²) in [5, 5.41) is 0. The Kier molecular flexibility index (Phi) is 6.70.